The molecular formula is C20H22N8. The largest absolute Gasteiger partial charge is 0.363 e. The Labute approximate surface area is 162 Å². The minimum Gasteiger partial charge on any atom is -0.363 e. The van der Waals surface area contributed by atoms with Crippen molar-refractivity contribution < 1.29 is 0 Å². The highest BCUT2D eigenvalue weighted by Crippen LogP contribution is 2.38. The zero-order valence-corrected chi connectivity index (χ0v) is 16.2. The van der Waals surface area contributed by atoms with Crippen LogP contribution in [0.5, 0.6) is 0 Å². The van der Waals surface area contributed by atoms with Crippen molar-refractivity contribution in [1.82, 2.24) is 34.6 Å². The quantitative estimate of drug-likeness (QED) is 0.596. The Kier molecular flexibility index (Phi) is 3.78. The molecule has 28 heavy (non-hydrogen) atoms. The van der Waals surface area contributed by atoms with Gasteiger partial charge in [0.25, 0.3) is 0 Å². The topological polar surface area (TPSA) is 78.4 Å². The van der Waals surface area contributed by atoms with Gasteiger partial charge in [0.2, 0.25) is 0 Å². The maximum atomic E-state index is 4.36. The van der Waals surface area contributed by atoms with E-state index in [-0.39, 0.29) is 6.04 Å². The van der Waals surface area contributed by atoms with Gasteiger partial charge < -0.3 is 5.32 Å². The average Bonchev–Trinajstić information content (AvgIpc) is 3.37. The molecular weight excluding hydrogens is 352 g/mol. The molecule has 142 valence electrons. The van der Waals surface area contributed by atoms with Gasteiger partial charge in [-0.25, -0.2) is 4.68 Å². The first-order valence-electron chi connectivity index (χ1n) is 9.38. The molecule has 1 aliphatic heterocycles. The minimum atomic E-state index is 0.142. The van der Waals surface area contributed by atoms with Gasteiger partial charge in [0.15, 0.2) is 0 Å². The number of anilines is 1. The molecule has 8 nitrogen and oxygen atoms in total. The van der Waals surface area contributed by atoms with E-state index >= 15 is 0 Å². The fourth-order valence-corrected chi connectivity index (χ4v) is 3.96. The van der Waals surface area contributed by atoms with Crippen LogP contribution >= 0.6 is 0 Å². The molecule has 0 saturated carbocycles. The van der Waals surface area contributed by atoms with Crippen molar-refractivity contribution in [1.29, 1.82) is 0 Å². The van der Waals surface area contributed by atoms with Crippen molar-refractivity contribution in [3.05, 3.63) is 54.1 Å². The molecule has 0 fully saturated rings. The highest BCUT2D eigenvalue weighted by molar-refractivity contribution is 5.74. The third-order valence-electron chi connectivity index (χ3n) is 5.40. The standard InChI is InChI=1S/C20H22N8/c1-13-20-16-5-4-14(15-11-22-26(2)12-15)10-17(16)18(7-9-28(20)25-24-13)23-19-6-8-21-27(19)3/h4-6,8,10-12,18,23H,7,9H2,1-3H3. The summed E-state index contributed by atoms with van der Waals surface area (Å²) in [7, 11) is 3.89. The summed E-state index contributed by atoms with van der Waals surface area (Å²) in [6, 6.07) is 8.74. The molecule has 4 aromatic rings. The number of aromatic nitrogens is 7. The summed E-state index contributed by atoms with van der Waals surface area (Å²) in [6.45, 7) is 2.83. The van der Waals surface area contributed by atoms with Gasteiger partial charge in [-0.2, -0.15) is 10.2 Å². The zero-order valence-electron chi connectivity index (χ0n) is 16.2. The predicted molar refractivity (Wildman–Crippen MR) is 107 cm³/mol. The van der Waals surface area contributed by atoms with Crippen molar-refractivity contribution >= 4 is 5.82 Å². The summed E-state index contributed by atoms with van der Waals surface area (Å²) in [5, 5.41) is 20.9. The number of hydrogen-bond donors (Lipinski definition) is 1. The second kappa shape index (κ2) is 6.33. The Balaban J connectivity index is 1.65. The van der Waals surface area contributed by atoms with Crippen molar-refractivity contribution in [3.63, 3.8) is 0 Å². The Morgan fingerprint density at radius 3 is 2.75 bits per heavy atom. The highest BCUT2D eigenvalue weighted by atomic mass is 15.4. The Morgan fingerprint density at radius 1 is 1.11 bits per heavy atom. The fraction of sp³-hybridized carbons (Fsp3) is 0.300. The van der Waals surface area contributed by atoms with Crippen molar-refractivity contribution in [2.24, 2.45) is 14.1 Å². The molecule has 8 heteroatoms. The lowest BCUT2D eigenvalue weighted by molar-refractivity contribution is 0.537. The van der Waals surface area contributed by atoms with Gasteiger partial charge >= 0.3 is 0 Å². The van der Waals surface area contributed by atoms with Crippen LogP contribution in [0.25, 0.3) is 22.4 Å². The lowest BCUT2D eigenvalue weighted by atomic mass is 9.93. The number of nitrogens with one attached hydrogen (secondary N) is 1. The van der Waals surface area contributed by atoms with Crippen LogP contribution in [0, 0.1) is 6.92 Å². The van der Waals surface area contributed by atoms with Gasteiger partial charge in [-0.15, -0.1) is 5.10 Å². The molecule has 1 N–H and O–H groups in total. The van der Waals surface area contributed by atoms with Crippen LogP contribution in [0.3, 0.4) is 0 Å². The van der Waals surface area contributed by atoms with E-state index in [4.69, 9.17) is 0 Å². The first-order valence-corrected chi connectivity index (χ1v) is 9.38. The first kappa shape index (κ1) is 16.7. The molecule has 0 bridgehead atoms. The van der Waals surface area contributed by atoms with Gasteiger partial charge in [0.05, 0.1) is 29.8 Å². The third kappa shape index (κ3) is 2.69. The molecule has 1 aliphatic rings. The maximum Gasteiger partial charge on any atom is 0.124 e. The second-order valence-electron chi connectivity index (χ2n) is 7.28. The number of nitrogens with zero attached hydrogens (tertiary/aromatic N) is 7. The Hall–Kier alpha value is -3.42. The fourth-order valence-electron chi connectivity index (χ4n) is 3.96. The smallest absolute Gasteiger partial charge is 0.124 e. The van der Waals surface area contributed by atoms with Gasteiger partial charge in [-0.05, 0) is 30.5 Å². The normalized spacial score (nSPS) is 15.8. The monoisotopic (exact) mass is 374 g/mol. The van der Waals surface area contributed by atoms with Crippen LogP contribution in [0.15, 0.2) is 42.9 Å². The summed E-state index contributed by atoms with van der Waals surface area (Å²) < 4.78 is 5.71. The number of hydrogen-bond acceptors (Lipinski definition) is 5. The van der Waals surface area contributed by atoms with Crippen molar-refractivity contribution in [3.8, 4) is 22.4 Å². The summed E-state index contributed by atoms with van der Waals surface area (Å²) in [5.74, 6) is 0.997. The minimum absolute atomic E-state index is 0.142. The predicted octanol–water partition coefficient (Wildman–Crippen LogP) is 2.94. The second-order valence-corrected chi connectivity index (χ2v) is 7.28. The van der Waals surface area contributed by atoms with E-state index in [2.05, 4.69) is 44.0 Å². The number of aryl methyl sites for hydroxylation is 4. The van der Waals surface area contributed by atoms with Crippen LogP contribution in [-0.2, 0) is 20.6 Å². The van der Waals surface area contributed by atoms with Gasteiger partial charge in [-0.1, -0.05) is 17.3 Å². The zero-order chi connectivity index (χ0) is 19.3. The van der Waals surface area contributed by atoms with Gasteiger partial charge in [0.1, 0.15) is 5.82 Å². The molecule has 1 unspecified atom stereocenters. The number of benzene rings is 1. The molecule has 0 spiro atoms. The first-order chi connectivity index (χ1) is 13.6. The van der Waals surface area contributed by atoms with E-state index in [0.29, 0.717) is 0 Å². The molecule has 1 aromatic carbocycles. The maximum absolute atomic E-state index is 4.36. The Bertz CT molecular complexity index is 1150. The van der Waals surface area contributed by atoms with E-state index < -0.39 is 0 Å². The van der Waals surface area contributed by atoms with Crippen molar-refractivity contribution in [2.45, 2.75) is 25.9 Å². The number of rotatable bonds is 3. The SMILES string of the molecule is Cc1nnn2c1-c1ccc(-c3cnn(C)c3)cc1C(Nc1ccnn1C)CC2. The Morgan fingerprint density at radius 2 is 2.00 bits per heavy atom. The van der Waals surface area contributed by atoms with Crippen molar-refractivity contribution in [2.75, 3.05) is 5.32 Å². The lowest BCUT2D eigenvalue weighted by Gasteiger charge is -2.21. The summed E-state index contributed by atoms with van der Waals surface area (Å²) in [5.41, 5.74) is 6.73. The summed E-state index contributed by atoms with van der Waals surface area (Å²) >= 11 is 0. The summed E-state index contributed by atoms with van der Waals surface area (Å²) in [6.07, 6.45) is 6.66. The van der Waals surface area contributed by atoms with E-state index in [1.165, 1.54) is 11.1 Å². The van der Waals surface area contributed by atoms with E-state index in [1.54, 1.807) is 0 Å². The molecule has 0 amide bonds. The van der Waals surface area contributed by atoms with Gasteiger partial charge in [-0.3, -0.25) is 9.36 Å². The molecule has 5 rings (SSSR count). The van der Waals surface area contributed by atoms with Crippen LogP contribution in [-0.4, -0.2) is 34.6 Å². The lowest BCUT2D eigenvalue weighted by Crippen LogP contribution is -2.15. The van der Waals surface area contributed by atoms with E-state index in [1.807, 2.05) is 59.7 Å². The highest BCUT2D eigenvalue weighted by Gasteiger charge is 2.26. The molecule has 0 aliphatic carbocycles. The summed E-state index contributed by atoms with van der Waals surface area (Å²) in [4.78, 5) is 0. The number of fused-ring (bicyclic) bond motifs is 3. The van der Waals surface area contributed by atoms with Crippen LogP contribution in [0.4, 0.5) is 5.82 Å². The third-order valence-corrected chi connectivity index (χ3v) is 5.40. The molecule has 3 aromatic heterocycles. The van der Waals surface area contributed by atoms with Crippen LogP contribution in [0.1, 0.15) is 23.7 Å². The van der Waals surface area contributed by atoms with Gasteiger partial charge in [0, 0.05) is 44.0 Å². The van der Waals surface area contributed by atoms with E-state index in [0.717, 1.165) is 41.3 Å². The van der Waals surface area contributed by atoms with E-state index in [9.17, 15) is 0 Å². The average molecular weight is 374 g/mol. The molecule has 0 radical (unpaired) electrons. The molecule has 4 heterocycles. The molecule has 1 atom stereocenters. The molecule has 0 saturated heterocycles. The van der Waals surface area contributed by atoms with Crippen LogP contribution < -0.4 is 5.32 Å². The van der Waals surface area contributed by atoms with Crippen LogP contribution in [0.2, 0.25) is 0 Å².